The minimum absolute atomic E-state index is 0. The van der Waals surface area contributed by atoms with Gasteiger partial charge in [-0.3, -0.25) is 0 Å². The van der Waals surface area contributed by atoms with Crippen LogP contribution in [-0.4, -0.2) is 35.9 Å². The third kappa shape index (κ3) is 2.51. The Labute approximate surface area is 141 Å². The highest BCUT2D eigenvalue weighted by Crippen LogP contribution is 2.38. The van der Waals surface area contributed by atoms with E-state index in [-0.39, 0.29) is 19.0 Å². The summed E-state index contributed by atoms with van der Waals surface area (Å²) in [7, 11) is 0. The third-order valence-corrected chi connectivity index (χ3v) is 5.23. The van der Waals surface area contributed by atoms with E-state index >= 15 is 0 Å². The van der Waals surface area contributed by atoms with E-state index in [4.69, 9.17) is 16.3 Å². The van der Waals surface area contributed by atoms with Crippen molar-refractivity contribution in [3.63, 3.8) is 0 Å². The predicted molar refractivity (Wildman–Crippen MR) is 83.1 cm³/mol. The molecule has 118 valence electrons. The van der Waals surface area contributed by atoms with Crippen molar-refractivity contribution >= 4 is 22.4 Å². The Balaban J connectivity index is 0.00000144. The molecule has 1 saturated heterocycles. The molecule has 0 aromatic heterocycles. The normalized spacial score (nSPS) is 19.2. The first-order chi connectivity index (χ1) is 10.2. The Kier molecular flexibility index (Phi) is 4.36. The lowest BCUT2D eigenvalue weighted by Crippen LogP contribution is -3.00. The first-order valence-corrected chi connectivity index (χ1v) is 7.85. The highest BCUT2D eigenvalue weighted by atomic mass is 35.5. The average Bonchev–Trinajstić information content (AvgIpc) is 2.82. The lowest BCUT2D eigenvalue weighted by atomic mass is 9.96. The molecule has 1 fully saturated rings. The molecule has 22 heavy (non-hydrogen) atoms. The molecule has 0 radical (unpaired) electrons. The molecule has 2 aliphatic heterocycles. The molecule has 2 aromatic rings. The van der Waals surface area contributed by atoms with Gasteiger partial charge in [-0.25, -0.2) is 0 Å². The van der Waals surface area contributed by atoms with Crippen LogP contribution in [0.2, 0.25) is 5.02 Å². The number of hydrogen-bond donors (Lipinski definition) is 1. The maximum Gasteiger partial charge on any atom is 0.106 e. The molecule has 0 amide bonds. The molecule has 3 nitrogen and oxygen atoms in total. The molecule has 0 unspecified atom stereocenters. The number of rotatable bonds is 1. The number of nitrogens with zero attached hydrogens (tertiary/aromatic N) is 1. The fourth-order valence-electron chi connectivity index (χ4n) is 3.86. The van der Waals surface area contributed by atoms with Crippen molar-refractivity contribution in [2.24, 2.45) is 0 Å². The average molecular weight is 340 g/mol. The zero-order chi connectivity index (χ0) is 14.4. The summed E-state index contributed by atoms with van der Waals surface area (Å²) in [6, 6.07) is 8.23. The molecule has 0 saturated carbocycles. The Hall–Kier alpha value is -0.840. The molecule has 2 aromatic carbocycles. The van der Waals surface area contributed by atoms with Crippen LogP contribution in [0.3, 0.4) is 0 Å². The smallest absolute Gasteiger partial charge is 0.106 e. The van der Waals surface area contributed by atoms with Gasteiger partial charge in [0.15, 0.2) is 0 Å². The molecule has 0 aliphatic carbocycles. The lowest BCUT2D eigenvalue weighted by molar-refractivity contribution is -0.953. The second-order valence-corrected chi connectivity index (χ2v) is 6.67. The molecule has 2 aliphatic rings. The minimum Gasteiger partial charge on any atom is -1.00 e. The minimum atomic E-state index is 0. The van der Waals surface area contributed by atoms with Gasteiger partial charge in [-0.15, -0.1) is 0 Å². The van der Waals surface area contributed by atoms with E-state index in [0.717, 1.165) is 59.8 Å². The van der Waals surface area contributed by atoms with Crippen LogP contribution in [0, 0.1) is 0 Å². The Morgan fingerprint density at radius 3 is 2.64 bits per heavy atom. The zero-order valence-electron chi connectivity index (χ0n) is 12.3. The first kappa shape index (κ1) is 16.0. The molecular weight excluding hydrogens is 321 g/mol. The number of benzene rings is 2. The van der Waals surface area contributed by atoms with Crippen molar-refractivity contribution in [3.8, 4) is 0 Å². The SMILES string of the molecule is OCc1c2c(cc3ccc(Cl)cc13)C[N+]1(CCOCC1)C2.[Cl-]. The van der Waals surface area contributed by atoms with Crippen LogP contribution >= 0.6 is 11.6 Å². The third-order valence-electron chi connectivity index (χ3n) is 5.00. The molecular formula is C17H19Cl2NO2. The van der Waals surface area contributed by atoms with Crippen LogP contribution in [-0.2, 0) is 24.4 Å². The van der Waals surface area contributed by atoms with E-state index < -0.39 is 0 Å². The monoisotopic (exact) mass is 339 g/mol. The van der Waals surface area contributed by atoms with Crippen molar-refractivity contribution in [1.29, 1.82) is 0 Å². The number of quaternary nitrogens is 1. The van der Waals surface area contributed by atoms with E-state index in [1.54, 1.807) is 0 Å². The number of aliphatic hydroxyl groups is 1. The quantitative estimate of drug-likeness (QED) is 0.732. The van der Waals surface area contributed by atoms with Crippen molar-refractivity contribution in [1.82, 2.24) is 0 Å². The largest absolute Gasteiger partial charge is 1.00 e. The first-order valence-electron chi connectivity index (χ1n) is 7.47. The molecule has 5 heteroatoms. The molecule has 0 atom stereocenters. The summed E-state index contributed by atoms with van der Waals surface area (Å²) in [4.78, 5) is 0. The molecule has 1 spiro atoms. The topological polar surface area (TPSA) is 29.5 Å². The van der Waals surface area contributed by atoms with Gasteiger partial charge >= 0.3 is 0 Å². The lowest BCUT2D eigenvalue weighted by Gasteiger charge is -2.37. The number of aliphatic hydroxyl groups excluding tert-OH is 1. The molecule has 2 heterocycles. The van der Waals surface area contributed by atoms with Gasteiger partial charge in [-0.1, -0.05) is 17.7 Å². The van der Waals surface area contributed by atoms with Gasteiger partial charge in [0.05, 0.1) is 19.8 Å². The standard InChI is InChI=1S/C17H19ClNO2.ClH/c18-14-2-1-12-7-13-9-19(3-5-21-6-4-19)10-16(13)17(11-20)15(12)8-14;/h1-2,7-8,20H,3-6,9-11H2;1H/q+1;/p-1. The number of ether oxygens (including phenoxy) is 1. The van der Waals surface area contributed by atoms with Crippen molar-refractivity contribution in [3.05, 3.63) is 46.0 Å². The van der Waals surface area contributed by atoms with Gasteiger partial charge in [-0.05, 0) is 34.5 Å². The van der Waals surface area contributed by atoms with E-state index in [9.17, 15) is 5.11 Å². The number of halogens is 2. The summed E-state index contributed by atoms with van der Waals surface area (Å²) in [5.74, 6) is 0. The Bertz CT molecular complexity index is 711. The highest BCUT2D eigenvalue weighted by Gasteiger charge is 2.39. The van der Waals surface area contributed by atoms with Crippen LogP contribution in [0.5, 0.6) is 0 Å². The van der Waals surface area contributed by atoms with Crippen LogP contribution < -0.4 is 12.4 Å². The summed E-state index contributed by atoms with van der Waals surface area (Å²) in [5, 5.41) is 12.9. The second-order valence-electron chi connectivity index (χ2n) is 6.23. The predicted octanol–water partition coefficient (Wildman–Crippen LogP) is -0.150. The Morgan fingerprint density at radius 2 is 1.91 bits per heavy atom. The van der Waals surface area contributed by atoms with Gasteiger partial charge in [0.1, 0.15) is 26.2 Å². The van der Waals surface area contributed by atoms with E-state index in [1.165, 1.54) is 16.5 Å². The van der Waals surface area contributed by atoms with Crippen LogP contribution in [0.25, 0.3) is 10.8 Å². The summed E-state index contributed by atoms with van der Waals surface area (Å²) in [5.41, 5.74) is 3.77. The number of fused-ring (bicyclic) bond motifs is 2. The maximum atomic E-state index is 9.90. The highest BCUT2D eigenvalue weighted by molar-refractivity contribution is 6.31. The molecule has 1 N–H and O–H groups in total. The van der Waals surface area contributed by atoms with Crippen molar-refractivity contribution < 1.29 is 26.7 Å². The van der Waals surface area contributed by atoms with Crippen LogP contribution in [0.15, 0.2) is 24.3 Å². The van der Waals surface area contributed by atoms with Crippen molar-refractivity contribution in [2.75, 3.05) is 26.3 Å². The zero-order valence-corrected chi connectivity index (χ0v) is 13.8. The summed E-state index contributed by atoms with van der Waals surface area (Å²) in [6.45, 7) is 5.96. The van der Waals surface area contributed by atoms with Gasteiger partial charge in [0, 0.05) is 16.1 Å². The van der Waals surface area contributed by atoms with Crippen molar-refractivity contribution in [2.45, 2.75) is 19.7 Å². The van der Waals surface area contributed by atoms with E-state index in [0.29, 0.717) is 0 Å². The summed E-state index contributed by atoms with van der Waals surface area (Å²) < 4.78 is 6.60. The number of morpholine rings is 1. The number of hydrogen-bond acceptors (Lipinski definition) is 2. The van der Waals surface area contributed by atoms with Gasteiger partial charge in [0.2, 0.25) is 0 Å². The second kappa shape index (κ2) is 5.99. The summed E-state index contributed by atoms with van der Waals surface area (Å²) >= 11 is 6.14. The summed E-state index contributed by atoms with van der Waals surface area (Å²) in [6.07, 6.45) is 0. The van der Waals surface area contributed by atoms with E-state index in [1.807, 2.05) is 12.1 Å². The van der Waals surface area contributed by atoms with Gasteiger partial charge in [0.25, 0.3) is 0 Å². The van der Waals surface area contributed by atoms with E-state index in [2.05, 4.69) is 12.1 Å². The maximum absolute atomic E-state index is 9.90. The fraction of sp³-hybridized carbons (Fsp3) is 0.412. The molecule has 0 bridgehead atoms. The molecule has 4 rings (SSSR count). The fourth-order valence-corrected chi connectivity index (χ4v) is 4.04. The van der Waals surface area contributed by atoms with Gasteiger partial charge < -0.3 is 26.7 Å². The van der Waals surface area contributed by atoms with Crippen LogP contribution in [0.1, 0.15) is 16.7 Å². The van der Waals surface area contributed by atoms with Gasteiger partial charge in [-0.2, -0.15) is 0 Å². The van der Waals surface area contributed by atoms with Crippen LogP contribution in [0.4, 0.5) is 0 Å². The Morgan fingerprint density at radius 1 is 1.14 bits per heavy atom.